The zero-order valence-electron chi connectivity index (χ0n) is 10.9. The van der Waals surface area contributed by atoms with E-state index in [-0.39, 0.29) is 5.97 Å². The molecule has 0 aromatic rings. The number of ether oxygens (including phenoxy) is 1. The van der Waals surface area contributed by atoms with Crippen molar-refractivity contribution in [3.05, 3.63) is 11.6 Å². The minimum atomic E-state index is -0.172. The zero-order valence-corrected chi connectivity index (χ0v) is 10.9. The standard InChI is InChI=1S/C14H23NO2/c1-3-12(14(16)17-2)8-9-15(13-6-7-13)10-11-4-5-11/h8,11,13H,3-7,9-10H2,1-2H3. The maximum atomic E-state index is 11.5. The molecule has 2 aliphatic carbocycles. The predicted molar refractivity (Wildman–Crippen MR) is 67.7 cm³/mol. The first-order valence-corrected chi connectivity index (χ1v) is 6.76. The van der Waals surface area contributed by atoms with Gasteiger partial charge in [-0.15, -0.1) is 0 Å². The van der Waals surface area contributed by atoms with Gasteiger partial charge in [0.15, 0.2) is 0 Å². The van der Waals surface area contributed by atoms with Crippen molar-refractivity contribution in [2.45, 2.75) is 45.1 Å². The van der Waals surface area contributed by atoms with Crippen molar-refractivity contribution >= 4 is 5.97 Å². The summed E-state index contributed by atoms with van der Waals surface area (Å²) in [6.45, 7) is 4.14. The SMILES string of the molecule is CCC(=CCN(CC1CC1)C1CC1)C(=O)OC. The van der Waals surface area contributed by atoms with E-state index >= 15 is 0 Å². The van der Waals surface area contributed by atoms with Crippen molar-refractivity contribution in [3.8, 4) is 0 Å². The summed E-state index contributed by atoms with van der Waals surface area (Å²) < 4.78 is 4.78. The van der Waals surface area contributed by atoms with E-state index in [0.29, 0.717) is 0 Å². The van der Waals surface area contributed by atoms with Gasteiger partial charge in [-0.05, 0) is 38.0 Å². The summed E-state index contributed by atoms with van der Waals surface area (Å²) in [6.07, 6.45) is 8.27. The molecule has 17 heavy (non-hydrogen) atoms. The van der Waals surface area contributed by atoms with Gasteiger partial charge < -0.3 is 4.74 Å². The minimum Gasteiger partial charge on any atom is -0.466 e. The van der Waals surface area contributed by atoms with Crippen LogP contribution >= 0.6 is 0 Å². The van der Waals surface area contributed by atoms with Crippen LogP contribution in [0.1, 0.15) is 39.0 Å². The lowest BCUT2D eigenvalue weighted by atomic mass is 10.2. The molecule has 0 aromatic heterocycles. The fourth-order valence-corrected chi connectivity index (χ4v) is 2.17. The van der Waals surface area contributed by atoms with Crippen LogP contribution in [-0.4, -0.2) is 37.1 Å². The first-order valence-electron chi connectivity index (χ1n) is 6.76. The van der Waals surface area contributed by atoms with Crippen LogP contribution in [0.4, 0.5) is 0 Å². The molecule has 0 saturated heterocycles. The normalized spacial score (nSPS) is 20.8. The molecular weight excluding hydrogens is 214 g/mol. The topological polar surface area (TPSA) is 29.5 Å². The van der Waals surface area contributed by atoms with Crippen LogP contribution in [0.2, 0.25) is 0 Å². The molecule has 0 unspecified atom stereocenters. The van der Waals surface area contributed by atoms with Crippen LogP contribution in [0.3, 0.4) is 0 Å². The van der Waals surface area contributed by atoms with E-state index in [4.69, 9.17) is 4.74 Å². The fraction of sp³-hybridized carbons (Fsp3) is 0.786. The molecule has 0 amide bonds. The fourth-order valence-electron chi connectivity index (χ4n) is 2.17. The Kier molecular flexibility index (Phi) is 4.21. The number of hydrogen-bond acceptors (Lipinski definition) is 3. The first-order chi connectivity index (χ1) is 8.24. The average molecular weight is 237 g/mol. The molecule has 96 valence electrons. The highest BCUT2D eigenvalue weighted by Gasteiger charge is 2.33. The molecule has 2 aliphatic rings. The Balaban J connectivity index is 1.86. The van der Waals surface area contributed by atoms with Crippen molar-refractivity contribution in [1.29, 1.82) is 0 Å². The van der Waals surface area contributed by atoms with Gasteiger partial charge in [-0.1, -0.05) is 13.0 Å². The van der Waals surface area contributed by atoms with E-state index in [1.54, 1.807) is 0 Å². The van der Waals surface area contributed by atoms with Gasteiger partial charge in [0.1, 0.15) is 0 Å². The third-order valence-corrected chi connectivity index (χ3v) is 3.65. The van der Waals surface area contributed by atoms with Gasteiger partial charge in [0.05, 0.1) is 7.11 Å². The number of methoxy groups -OCH3 is 1. The molecule has 0 heterocycles. The summed E-state index contributed by atoms with van der Waals surface area (Å²) in [5, 5.41) is 0. The van der Waals surface area contributed by atoms with Gasteiger partial charge in [-0.3, -0.25) is 4.90 Å². The summed E-state index contributed by atoms with van der Waals surface area (Å²) >= 11 is 0. The monoisotopic (exact) mass is 237 g/mol. The third-order valence-electron chi connectivity index (χ3n) is 3.65. The number of nitrogens with zero attached hydrogens (tertiary/aromatic N) is 1. The third kappa shape index (κ3) is 3.84. The Hall–Kier alpha value is -0.830. The lowest BCUT2D eigenvalue weighted by Gasteiger charge is -2.20. The summed E-state index contributed by atoms with van der Waals surface area (Å²) in [4.78, 5) is 14.0. The van der Waals surface area contributed by atoms with Gasteiger partial charge >= 0.3 is 5.97 Å². The first kappa shape index (κ1) is 12.6. The smallest absolute Gasteiger partial charge is 0.333 e. The van der Waals surface area contributed by atoms with Gasteiger partial charge in [0, 0.05) is 24.7 Å². The van der Waals surface area contributed by atoms with Crippen molar-refractivity contribution in [3.63, 3.8) is 0 Å². The molecule has 0 spiro atoms. The molecule has 0 N–H and O–H groups in total. The Morgan fingerprint density at radius 1 is 1.35 bits per heavy atom. The summed E-state index contributed by atoms with van der Waals surface area (Å²) in [6, 6.07) is 0.780. The van der Waals surface area contributed by atoms with E-state index < -0.39 is 0 Å². The van der Waals surface area contributed by atoms with Gasteiger partial charge in [0.25, 0.3) is 0 Å². The van der Waals surface area contributed by atoms with Crippen molar-refractivity contribution in [2.24, 2.45) is 5.92 Å². The largest absolute Gasteiger partial charge is 0.466 e. The van der Waals surface area contributed by atoms with E-state index in [9.17, 15) is 4.79 Å². The molecule has 0 aliphatic heterocycles. The Labute approximate surface area is 104 Å². The van der Waals surface area contributed by atoms with E-state index in [1.165, 1.54) is 39.3 Å². The van der Waals surface area contributed by atoms with Gasteiger partial charge in [0.2, 0.25) is 0 Å². The molecule has 0 bridgehead atoms. The molecule has 3 nitrogen and oxygen atoms in total. The summed E-state index contributed by atoms with van der Waals surface area (Å²) in [5.41, 5.74) is 0.814. The molecule has 0 radical (unpaired) electrons. The van der Waals surface area contributed by atoms with Crippen molar-refractivity contribution < 1.29 is 9.53 Å². The number of hydrogen-bond donors (Lipinski definition) is 0. The van der Waals surface area contributed by atoms with Crippen molar-refractivity contribution in [2.75, 3.05) is 20.2 Å². The second-order valence-electron chi connectivity index (χ2n) is 5.20. The van der Waals surface area contributed by atoms with Crippen LogP contribution in [0, 0.1) is 5.92 Å². The predicted octanol–water partition coefficient (Wildman–Crippen LogP) is 2.37. The molecule has 2 saturated carbocycles. The second kappa shape index (κ2) is 5.67. The lowest BCUT2D eigenvalue weighted by Crippen LogP contribution is -2.29. The van der Waals surface area contributed by atoms with E-state index in [2.05, 4.69) is 11.0 Å². The average Bonchev–Trinajstić information content (AvgIpc) is 3.18. The highest BCUT2D eigenvalue weighted by Crippen LogP contribution is 2.34. The Bertz CT molecular complexity index is 303. The van der Waals surface area contributed by atoms with Crippen molar-refractivity contribution in [1.82, 2.24) is 4.90 Å². The molecule has 2 rings (SSSR count). The summed E-state index contributed by atoms with van der Waals surface area (Å²) in [7, 11) is 1.45. The van der Waals surface area contributed by atoms with Crippen LogP contribution in [0.15, 0.2) is 11.6 Å². The molecule has 2 fully saturated rings. The molecule has 0 atom stereocenters. The number of carbonyl (C=O) groups excluding carboxylic acids is 1. The minimum absolute atomic E-state index is 0.172. The van der Waals surface area contributed by atoms with Crippen LogP contribution in [0.25, 0.3) is 0 Å². The zero-order chi connectivity index (χ0) is 12.3. The van der Waals surface area contributed by atoms with Crippen LogP contribution in [-0.2, 0) is 9.53 Å². The Morgan fingerprint density at radius 2 is 2.06 bits per heavy atom. The molecule has 3 heteroatoms. The number of carbonyl (C=O) groups is 1. The van der Waals surface area contributed by atoms with Gasteiger partial charge in [-0.2, -0.15) is 0 Å². The van der Waals surface area contributed by atoms with E-state index in [0.717, 1.165) is 30.5 Å². The number of esters is 1. The maximum Gasteiger partial charge on any atom is 0.333 e. The van der Waals surface area contributed by atoms with Crippen LogP contribution < -0.4 is 0 Å². The quantitative estimate of drug-likeness (QED) is 0.503. The van der Waals surface area contributed by atoms with Crippen LogP contribution in [0.5, 0.6) is 0 Å². The number of rotatable bonds is 7. The molecule has 0 aromatic carbocycles. The molecular formula is C14H23NO2. The van der Waals surface area contributed by atoms with Gasteiger partial charge in [-0.25, -0.2) is 4.79 Å². The maximum absolute atomic E-state index is 11.5. The lowest BCUT2D eigenvalue weighted by molar-refractivity contribution is -0.136. The second-order valence-corrected chi connectivity index (χ2v) is 5.20. The summed E-state index contributed by atoms with van der Waals surface area (Å²) in [5.74, 6) is 0.752. The highest BCUT2D eigenvalue weighted by atomic mass is 16.5. The van der Waals surface area contributed by atoms with E-state index in [1.807, 2.05) is 6.92 Å². The highest BCUT2D eigenvalue weighted by molar-refractivity contribution is 5.88. The Morgan fingerprint density at radius 3 is 2.53 bits per heavy atom.